The quantitative estimate of drug-likeness (QED) is 0.773. The summed E-state index contributed by atoms with van der Waals surface area (Å²) >= 11 is 5.92. The third-order valence-electron chi connectivity index (χ3n) is 3.22. The molecule has 0 aliphatic heterocycles. The molecule has 0 bridgehead atoms. The number of carbonyl (C=O) groups excluding carboxylic acids is 1. The highest BCUT2D eigenvalue weighted by Gasteiger charge is 2.24. The van der Waals surface area contributed by atoms with Crippen molar-refractivity contribution in [2.75, 3.05) is 6.61 Å². The average Bonchev–Trinajstić information content (AvgIpc) is 2.45. The molecule has 21 heavy (non-hydrogen) atoms. The number of halogens is 1. The largest absolute Gasteiger partial charge is 0.491 e. The minimum Gasteiger partial charge on any atom is -0.491 e. The highest BCUT2D eigenvalue weighted by atomic mass is 35.5. The van der Waals surface area contributed by atoms with Gasteiger partial charge >= 0.3 is 5.97 Å². The van der Waals surface area contributed by atoms with Crippen LogP contribution in [0.25, 0.3) is 0 Å². The number of hydrogen-bond donors (Lipinski definition) is 2. The van der Waals surface area contributed by atoms with Gasteiger partial charge in [0.1, 0.15) is 11.8 Å². The number of carbonyl (C=O) groups is 2. The molecule has 0 saturated carbocycles. The molecule has 0 heterocycles. The Balaban J connectivity index is 2.43. The van der Waals surface area contributed by atoms with E-state index >= 15 is 0 Å². The second-order valence-corrected chi connectivity index (χ2v) is 5.21. The van der Waals surface area contributed by atoms with Crippen molar-refractivity contribution >= 4 is 23.5 Å². The lowest BCUT2D eigenvalue weighted by Gasteiger charge is -2.20. The van der Waals surface area contributed by atoms with Crippen LogP contribution in [0.5, 0.6) is 5.75 Å². The molecule has 0 aromatic heterocycles. The summed E-state index contributed by atoms with van der Waals surface area (Å²) < 4.78 is 5.40. The zero-order valence-electron chi connectivity index (χ0n) is 12.1. The van der Waals surface area contributed by atoms with Crippen LogP contribution < -0.4 is 10.1 Å². The van der Waals surface area contributed by atoms with E-state index in [0.29, 0.717) is 17.2 Å². The van der Waals surface area contributed by atoms with Gasteiger partial charge in [-0.3, -0.25) is 4.79 Å². The van der Waals surface area contributed by atoms with Crippen molar-refractivity contribution in [3.8, 4) is 5.75 Å². The van der Waals surface area contributed by atoms with Gasteiger partial charge in [0.15, 0.2) is 0 Å². The van der Waals surface area contributed by atoms with Crippen molar-refractivity contribution in [3.05, 3.63) is 29.3 Å². The first-order valence-electron chi connectivity index (χ1n) is 6.85. The smallest absolute Gasteiger partial charge is 0.326 e. The number of carboxylic acid groups (broad SMARTS) is 1. The SMILES string of the molecule is CCC(C)C(NC(=O)CCOc1ccccc1Cl)C(=O)O. The first-order valence-corrected chi connectivity index (χ1v) is 7.23. The number of ether oxygens (including phenoxy) is 1. The molecular formula is C15H20ClNO4. The minimum atomic E-state index is -1.02. The molecule has 2 N–H and O–H groups in total. The summed E-state index contributed by atoms with van der Waals surface area (Å²) in [7, 11) is 0. The van der Waals surface area contributed by atoms with Gasteiger partial charge in [0.05, 0.1) is 18.1 Å². The molecule has 116 valence electrons. The summed E-state index contributed by atoms with van der Waals surface area (Å²) in [4.78, 5) is 22.9. The van der Waals surface area contributed by atoms with Crippen LogP contribution in [0.4, 0.5) is 0 Å². The Morgan fingerprint density at radius 3 is 2.62 bits per heavy atom. The molecule has 1 aromatic carbocycles. The van der Waals surface area contributed by atoms with Crippen LogP contribution >= 0.6 is 11.6 Å². The molecule has 0 saturated heterocycles. The van der Waals surface area contributed by atoms with Crippen LogP contribution in [0.15, 0.2) is 24.3 Å². The Morgan fingerprint density at radius 1 is 1.38 bits per heavy atom. The van der Waals surface area contributed by atoms with E-state index in [4.69, 9.17) is 21.4 Å². The van der Waals surface area contributed by atoms with E-state index in [9.17, 15) is 9.59 Å². The Bertz CT molecular complexity index is 492. The normalized spacial score (nSPS) is 13.3. The summed E-state index contributed by atoms with van der Waals surface area (Å²) in [6.45, 7) is 3.81. The first kappa shape index (κ1) is 17.3. The average molecular weight is 314 g/mol. The molecule has 1 aromatic rings. The van der Waals surface area contributed by atoms with Crippen molar-refractivity contribution in [1.82, 2.24) is 5.32 Å². The fraction of sp³-hybridized carbons (Fsp3) is 0.467. The van der Waals surface area contributed by atoms with Gasteiger partial charge in [0.25, 0.3) is 0 Å². The molecule has 0 aliphatic rings. The molecule has 1 amide bonds. The minimum absolute atomic E-state index is 0.0748. The second kappa shape index (κ2) is 8.52. The molecule has 0 spiro atoms. The Labute approximate surface area is 129 Å². The molecule has 2 unspecified atom stereocenters. The number of carboxylic acids is 1. The molecule has 1 rings (SSSR count). The van der Waals surface area contributed by atoms with Crippen LogP contribution in [0.1, 0.15) is 26.7 Å². The van der Waals surface area contributed by atoms with Gasteiger partial charge in [-0.15, -0.1) is 0 Å². The van der Waals surface area contributed by atoms with Crippen LogP contribution in [-0.4, -0.2) is 29.6 Å². The maximum absolute atomic E-state index is 11.8. The molecular weight excluding hydrogens is 294 g/mol. The molecule has 0 radical (unpaired) electrons. The van der Waals surface area contributed by atoms with E-state index in [1.54, 1.807) is 31.2 Å². The van der Waals surface area contributed by atoms with Gasteiger partial charge < -0.3 is 15.2 Å². The highest BCUT2D eigenvalue weighted by Crippen LogP contribution is 2.23. The van der Waals surface area contributed by atoms with Crippen LogP contribution in [0.3, 0.4) is 0 Å². The third kappa shape index (κ3) is 5.63. The number of aliphatic carboxylic acids is 1. The predicted octanol–water partition coefficient (Wildman–Crippen LogP) is 2.72. The number of hydrogen-bond acceptors (Lipinski definition) is 3. The Kier molecular flexibility index (Phi) is 7.02. The van der Waals surface area contributed by atoms with Gasteiger partial charge in [-0.1, -0.05) is 44.0 Å². The van der Waals surface area contributed by atoms with Crippen molar-refractivity contribution in [3.63, 3.8) is 0 Å². The topological polar surface area (TPSA) is 75.6 Å². The Morgan fingerprint density at radius 2 is 2.05 bits per heavy atom. The molecule has 0 aliphatic carbocycles. The molecule has 0 fully saturated rings. The van der Waals surface area contributed by atoms with Gasteiger partial charge in [0.2, 0.25) is 5.91 Å². The molecule has 5 nitrogen and oxygen atoms in total. The maximum atomic E-state index is 11.8. The molecule has 2 atom stereocenters. The standard InChI is InChI=1S/C15H20ClNO4/c1-3-10(2)14(15(19)20)17-13(18)8-9-21-12-7-5-4-6-11(12)16/h4-7,10,14H,3,8-9H2,1-2H3,(H,17,18)(H,19,20). The summed E-state index contributed by atoms with van der Waals surface area (Å²) in [5, 5.41) is 12.1. The summed E-state index contributed by atoms with van der Waals surface area (Å²) in [5.41, 5.74) is 0. The Hall–Kier alpha value is -1.75. The van der Waals surface area contributed by atoms with E-state index < -0.39 is 12.0 Å². The van der Waals surface area contributed by atoms with Crippen molar-refractivity contribution in [2.24, 2.45) is 5.92 Å². The van der Waals surface area contributed by atoms with Crippen LogP contribution in [0.2, 0.25) is 5.02 Å². The summed E-state index contributed by atoms with van der Waals surface area (Å²) in [6.07, 6.45) is 0.749. The van der Waals surface area contributed by atoms with Gasteiger partial charge in [0, 0.05) is 0 Å². The number of nitrogens with one attached hydrogen (secondary N) is 1. The van der Waals surface area contributed by atoms with E-state index in [-0.39, 0.29) is 24.9 Å². The number of rotatable bonds is 8. The van der Waals surface area contributed by atoms with E-state index in [1.807, 2.05) is 6.92 Å². The lowest BCUT2D eigenvalue weighted by atomic mass is 9.99. The van der Waals surface area contributed by atoms with E-state index in [0.717, 1.165) is 0 Å². The summed E-state index contributed by atoms with van der Waals surface area (Å²) in [5.74, 6) is -1.00. The van der Waals surface area contributed by atoms with Gasteiger partial charge in [-0.2, -0.15) is 0 Å². The van der Waals surface area contributed by atoms with Crippen LogP contribution in [0, 0.1) is 5.92 Å². The van der Waals surface area contributed by atoms with Gasteiger partial charge in [-0.05, 0) is 18.1 Å². The lowest BCUT2D eigenvalue weighted by Crippen LogP contribution is -2.45. The van der Waals surface area contributed by atoms with E-state index in [1.165, 1.54) is 0 Å². The third-order valence-corrected chi connectivity index (χ3v) is 3.53. The number of amides is 1. The second-order valence-electron chi connectivity index (χ2n) is 4.80. The fourth-order valence-corrected chi connectivity index (χ4v) is 1.93. The van der Waals surface area contributed by atoms with E-state index in [2.05, 4.69) is 5.32 Å². The maximum Gasteiger partial charge on any atom is 0.326 e. The zero-order chi connectivity index (χ0) is 15.8. The predicted molar refractivity (Wildman–Crippen MR) is 80.6 cm³/mol. The number of para-hydroxylation sites is 1. The fourth-order valence-electron chi connectivity index (χ4n) is 1.74. The van der Waals surface area contributed by atoms with Crippen molar-refractivity contribution < 1.29 is 19.4 Å². The highest BCUT2D eigenvalue weighted by molar-refractivity contribution is 6.32. The molecule has 6 heteroatoms. The first-order chi connectivity index (χ1) is 9.95. The lowest BCUT2D eigenvalue weighted by molar-refractivity contribution is -0.143. The summed E-state index contributed by atoms with van der Waals surface area (Å²) in [6, 6.07) is 6.10. The van der Waals surface area contributed by atoms with Gasteiger partial charge in [-0.25, -0.2) is 4.79 Å². The zero-order valence-corrected chi connectivity index (χ0v) is 12.9. The van der Waals surface area contributed by atoms with Crippen molar-refractivity contribution in [1.29, 1.82) is 0 Å². The van der Waals surface area contributed by atoms with Crippen molar-refractivity contribution in [2.45, 2.75) is 32.7 Å². The number of benzene rings is 1. The van der Waals surface area contributed by atoms with Crippen LogP contribution in [-0.2, 0) is 9.59 Å². The monoisotopic (exact) mass is 313 g/mol.